The molecule has 1 saturated heterocycles. The van der Waals surface area contributed by atoms with E-state index in [9.17, 15) is 48.3 Å². The number of nitrogens with one attached hydrogen (secondary N) is 4. The smallest absolute Gasteiger partial charge is 0.349 e. The molecular formula is C40H50N6O11. The van der Waals surface area contributed by atoms with Crippen LogP contribution in [-0.2, 0) is 49.6 Å². The van der Waals surface area contributed by atoms with E-state index in [0.717, 1.165) is 35.3 Å². The Morgan fingerprint density at radius 1 is 0.877 bits per heavy atom. The quantitative estimate of drug-likeness (QED) is 0.108. The second-order valence-corrected chi connectivity index (χ2v) is 14.2. The number of carbonyl (C=O) groups excluding carboxylic acids is 8. The van der Waals surface area contributed by atoms with Crippen LogP contribution in [0.4, 0.5) is 4.79 Å². The number of urea groups is 1. The van der Waals surface area contributed by atoms with Gasteiger partial charge in [-0.25, -0.2) is 14.5 Å². The number of benzene rings is 2. The summed E-state index contributed by atoms with van der Waals surface area (Å²) in [6.07, 6.45) is 2.26. The molecule has 0 aromatic heterocycles. The van der Waals surface area contributed by atoms with Crippen LogP contribution >= 0.6 is 0 Å². The Kier molecular flexibility index (Phi) is 15.8. The third kappa shape index (κ3) is 12.2. The summed E-state index contributed by atoms with van der Waals surface area (Å²) in [7, 11) is 0. The zero-order valence-corrected chi connectivity index (χ0v) is 32.3. The molecule has 7 amide bonds. The van der Waals surface area contributed by atoms with Crippen LogP contribution in [0.15, 0.2) is 54.6 Å². The normalized spacial score (nSPS) is 17.1. The van der Waals surface area contributed by atoms with Gasteiger partial charge in [0.05, 0.1) is 19.1 Å². The number of ether oxygens (including phenoxy) is 1. The van der Waals surface area contributed by atoms with Gasteiger partial charge in [0.1, 0.15) is 18.6 Å². The topological polar surface area (TPSA) is 238 Å². The third-order valence-corrected chi connectivity index (χ3v) is 9.82. The van der Waals surface area contributed by atoms with Gasteiger partial charge >= 0.3 is 18.0 Å². The second-order valence-electron chi connectivity index (χ2n) is 14.2. The molecular weight excluding hydrogens is 740 g/mol. The van der Waals surface area contributed by atoms with Gasteiger partial charge in [-0.3, -0.25) is 33.6 Å². The van der Waals surface area contributed by atoms with Gasteiger partial charge in [-0.15, -0.1) is 0 Å². The maximum absolute atomic E-state index is 14.5. The summed E-state index contributed by atoms with van der Waals surface area (Å²) in [5.74, 6) is -8.15. The first-order chi connectivity index (χ1) is 27.2. The highest BCUT2D eigenvalue weighted by atomic mass is 16.6. The minimum Gasteiger partial charge on any atom is -0.478 e. The van der Waals surface area contributed by atoms with E-state index in [-0.39, 0.29) is 31.0 Å². The number of hydrogen-bond donors (Lipinski definition) is 5. The van der Waals surface area contributed by atoms with Crippen LogP contribution in [0.1, 0.15) is 81.6 Å². The Morgan fingerprint density at radius 3 is 2.16 bits per heavy atom. The molecule has 17 heteroatoms. The molecule has 0 spiro atoms. The molecule has 57 heavy (non-hydrogen) atoms. The average Bonchev–Trinajstić information content (AvgIpc) is 3.52. The lowest BCUT2D eigenvalue weighted by molar-refractivity contribution is -0.164. The van der Waals surface area contributed by atoms with Crippen LogP contribution in [0.5, 0.6) is 0 Å². The Bertz CT molecular complexity index is 1810. The minimum atomic E-state index is -1.66. The molecule has 17 nitrogen and oxygen atoms in total. The first kappa shape index (κ1) is 43.6. The molecule has 5 N–H and O–H groups in total. The molecule has 2 aromatic rings. The lowest BCUT2D eigenvalue weighted by atomic mass is 9.83. The van der Waals surface area contributed by atoms with Crippen molar-refractivity contribution in [3.8, 4) is 0 Å². The summed E-state index contributed by atoms with van der Waals surface area (Å²) in [4.78, 5) is 120. The lowest BCUT2D eigenvalue weighted by Gasteiger charge is -2.33. The van der Waals surface area contributed by atoms with E-state index < -0.39 is 90.6 Å². The third-order valence-electron chi connectivity index (χ3n) is 9.82. The van der Waals surface area contributed by atoms with Crippen molar-refractivity contribution in [2.45, 2.75) is 96.5 Å². The van der Waals surface area contributed by atoms with Crippen molar-refractivity contribution in [3.05, 3.63) is 71.3 Å². The predicted octanol–water partition coefficient (Wildman–Crippen LogP) is 1.67. The van der Waals surface area contributed by atoms with Crippen molar-refractivity contribution in [1.29, 1.82) is 0 Å². The van der Waals surface area contributed by atoms with Crippen molar-refractivity contribution >= 4 is 53.3 Å². The molecule has 2 aromatic carbocycles. The van der Waals surface area contributed by atoms with Gasteiger partial charge in [0.25, 0.3) is 11.8 Å². The molecule has 1 heterocycles. The van der Waals surface area contributed by atoms with Gasteiger partial charge in [-0.05, 0) is 37.7 Å². The van der Waals surface area contributed by atoms with Crippen LogP contribution in [-0.4, -0.2) is 106 Å². The van der Waals surface area contributed by atoms with Gasteiger partial charge in [-0.1, -0.05) is 92.8 Å². The number of aryl methyl sites for hydroxylation is 1. The number of Topliss-reactive ketones (excluding diaryl/α,β-unsaturated/α-hetero) is 1. The van der Waals surface area contributed by atoms with E-state index >= 15 is 0 Å². The fourth-order valence-electron chi connectivity index (χ4n) is 6.86. The van der Waals surface area contributed by atoms with Crippen molar-refractivity contribution in [1.82, 2.24) is 31.1 Å². The molecule has 306 valence electrons. The van der Waals surface area contributed by atoms with Gasteiger partial charge in [0, 0.05) is 19.0 Å². The number of aliphatic carboxylic acids is 1. The van der Waals surface area contributed by atoms with Gasteiger partial charge < -0.3 is 36.0 Å². The second kappa shape index (κ2) is 20.7. The van der Waals surface area contributed by atoms with E-state index in [1.165, 1.54) is 24.0 Å². The van der Waals surface area contributed by atoms with Crippen molar-refractivity contribution in [2.24, 2.45) is 5.92 Å². The van der Waals surface area contributed by atoms with Crippen LogP contribution in [0.2, 0.25) is 0 Å². The van der Waals surface area contributed by atoms with Gasteiger partial charge in [-0.2, -0.15) is 0 Å². The number of nitrogens with zero attached hydrogens (tertiary/aromatic N) is 2. The van der Waals surface area contributed by atoms with Crippen LogP contribution < -0.4 is 21.3 Å². The van der Waals surface area contributed by atoms with Crippen molar-refractivity contribution in [2.75, 3.05) is 19.6 Å². The van der Waals surface area contributed by atoms with Crippen LogP contribution in [0.25, 0.3) is 0 Å². The summed E-state index contributed by atoms with van der Waals surface area (Å²) in [5.41, 5.74) is 1.89. The molecule has 0 bridgehead atoms. The lowest BCUT2D eigenvalue weighted by Crippen LogP contribution is -2.59. The maximum atomic E-state index is 14.5. The zero-order valence-electron chi connectivity index (χ0n) is 32.3. The SMILES string of the molecule is CCCC(NC(=O)C1CN(Cc2ccc(C)cc2)C(=O)N1C(=O)C(NC(=O)CNC(C)=O)C1CCCCC1)C(=O)C(=O)NCC(=O)O[C@H](C(=O)O)c1ccccc1. The average molecular weight is 791 g/mol. The van der Waals surface area contributed by atoms with E-state index in [2.05, 4.69) is 21.3 Å². The van der Waals surface area contributed by atoms with Gasteiger partial charge in [0.15, 0.2) is 0 Å². The molecule has 2 fully saturated rings. The van der Waals surface area contributed by atoms with Crippen LogP contribution in [0, 0.1) is 12.8 Å². The van der Waals surface area contributed by atoms with Gasteiger partial charge in [0.2, 0.25) is 29.6 Å². The Balaban J connectivity index is 1.53. The Hall–Kier alpha value is -6.13. The number of imide groups is 1. The number of hydrogen-bond acceptors (Lipinski definition) is 10. The predicted molar refractivity (Wildman–Crippen MR) is 203 cm³/mol. The van der Waals surface area contributed by atoms with Crippen molar-refractivity contribution in [3.63, 3.8) is 0 Å². The number of carboxylic acids is 1. The van der Waals surface area contributed by atoms with E-state index in [4.69, 9.17) is 4.74 Å². The highest BCUT2D eigenvalue weighted by Crippen LogP contribution is 2.30. The Labute approximate surface area is 330 Å². The number of amides is 7. The molecule has 1 aliphatic heterocycles. The molecule has 2 aliphatic rings. The molecule has 4 atom stereocenters. The number of rotatable bonds is 18. The first-order valence-corrected chi connectivity index (χ1v) is 19.0. The highest BCUT2D eigenvalue weighted by Gasteiger charge is 2.49. The highest BCUT2D eigenvalue weighted by molar-refractivity contribution is 6.38. The number of ketones is 1. The van der Waals surface area contributed by atoms with Crippen molar-refractivity contribution < 1.29 is 53.0 Å². The largest absolute Gasteiger partial charge is 0.478 e. The van der Waals surface area contributed by atoms with Crippen LogP contribution in [0.3, 0.4) is 0 Å². The summed E-state index contributed by atoms with van der Waals surface area (Å²) < 4.78 is 5.03. The van der Waals surface area contributed by atoms with E-state index in [0.29, 0.717) is 19.3 Å². The molecule has 1 aliphatic carbocycles. The molecule has 0 radical (unpaired) electrons. The first-order valence-electron chi connectivity index (χ1n) is 19.0. The number of carbonyl (C=O) groups is 9. The minimum absolute atomic E-state index is 0.0247. The fraction of sp³-hybridized carbons (Fsp3) is 0.475. The molecule has 3 unspecified atom stereocenters. The monoisotopic (exact) mass is 790 g/mol. The number of carboxylic acid groups (broad SMARTS) is 1. The summed E-state index contributed by atoms with van der Waals surface area (Å²) in [6, 6.07) is 10.1. The molecule has 4 rings (SSSR count). The Morgan fingerprint density at radius 2 is 1.54 bits per heavy atom. The number of esters is 1. The standard InChI is InChI=1S/C40H50N6O11/c1-4-11-29(34(50)37(52)42-21-32(49)57-35(39(54)55)28-14-9-6-10-15-28)43-36(51)30-23-45(22-26-18-16-24(2)17-19-26)40(56)46(30)38(53)33(27-12-7-5-8-13-27)44-31(48)20-41-25(3)47/h6,9-10,14-19,27,29-30,33,35H,4-5,7-8,11-13,20-23H2,1-3H3,(H,41,47)(H,42,52)(H,43,51)(H,44,48)(H,54,55)/t29?,30?,33?,35-/m0/s1. The summed E-state index contributed by atoms with van der Waals surface area (Å²) in [5, 5.41) is 19.3. The van der Waals surface area contributed by atoms with E-state index in [1.807, 2.05) is 31.2 Å². The summed E-state index contributed by atoms with van der Waals surface area (Å²) >= 11 is 0. The molecule has 1 saturated carbocycles. The maximum Gasteiger partial charge on any atom is 0.349 e. The van der Waals surface area contributed by atoms with E-state index in [1.54, 1.807) is 25.1 Å². The zero-order chi connectivity index (χ0) is 41.6. The fourth-order valence-corrected chi connectivity index (χ4v) is 6.86. The summed E-state index contributed by atoms with van der Waals surface area (Å²) in [6.45, 7) is 3.36.